The first kappa shape index (κ1) is 23.8. The highest BCUT2D eigenvalue weighted by Gasteiger charge is 2.15. The molecule has 38 heavy (non-hydrogen) atoms. The van der Waals surface area contributed by atoms with Gasteiger partial charge in [0.25, 0.3) is 0 Å². The Bertz CT molecular complexity index is 1770. The lowest BCUT2D eigenvalue weighted by atomic mass is 9.98. The number of hydrogen-bond donors (Lipinski definition) is 0. The van der Waals surface area contributed by atoms with Crippen LogP contribution < -0.4 is 0 Å². The maximum Gasteiger partial charge on any atom is 0.145 e. The first-order chi connectivity index (χ1) is 18.7. The van der Waals surface area contributed by atoms with E-state index in [0.29, 0.717) is 0 Å². The van der Waals surface area contributed by atoms with Crippen LogP contribution in [0.5, 0.6) is 0 Å². The molecule has 0 N–H and O–H groups in total. The van der Waals surface area contributed by atoms with Gasteiger partial charge in [0.1, 0.15) is 22.7 Å². The van der Waals surface area contributed by atoms with Crippen LogP contribution in [0.15, 0.2) is 81.6 Å². The smallest absolute Gasteiger partial charge is 0.145 e. The second-order valence-corrected chi connectivity index (χ2v) is 12.5. The van der Waals surface area contributed by atoms with E-state index >= 15 is 0 Å². The standard InChI is InChI=1S/C34H30O2S2/c1-3-5-7-21-9-17-33(37-21)31-19-27-25-11-12-26-24(23(25)13-15-29(27)35-31)14-16-30-28(26)20-32(36-30)34-18-10-22(38-34)8-6-4-2/h9-20H,3-8H2,1-2H3. The van der Waals surface area contributed by atoms with Crippen molar-refractivity contribution in [3.8, 4) is 21.3 Å². The third-order valence-corrected chi connectivity index (χ3v) is 9.87. The summed E-state index contributed by atoms with van der Waals surface area (Å²) in [7, 11) is 0. The molecule has 4 heteroatoms. The van der Waals surface area contributed by atoms with Crippen LogP contribution in [-0.4, -0.2) is 0 Å². The molecule has 4 aromatic heterocycles. The molecule has 0 unspecified atom stereocenters. The summed E-state index contributed by atoms with van der Waals surface area (Å²) in [4.78, 5) is 5.28. The van der Waals surface area contributed by atoms with Gasteiger partial charge in [0, 0.05) is 20.5 Å². The van der Waals surface area contributed by atoms with E-state index in [1.54, 1.807) is 0 Å². The second kappa shape index (κ2) is 9.76. The van der Waals surface area contributed by atoms with Crippen LogP contribution in [0.1, 0.15) is 49.3 Å². The Morgan fingerprint density at radius 2 is 0.921 bits per heavy atom. The minimum absolute atomic E-state index is 0.943. The van der Waals surface area contributed by atoms with E-state index in [1.165, 1.54) is 77.5 Å². The summed E-state index contributed by atoms with van der Waals surface area (Å²) in [5, 5.41) is 7.31. The zero-order valence-electron chi connectivity index (χ0n) is 21.8. The molecule has 0 bridgehead atoms. The molecule has 0 amide bonds. The monoisotopic (exact) mass is 534 g/mol. The van der Waals surface area contributed by atoms with Gasteiger partial charge in [-0.05, 0) is 95.8 Å². The van der Waals surface area contributed by atoms with Crippen molar-refractivity contribution in [2.45, 2.75) is 52.4 Å². The van der Waals surface area contributed by atoms with Crippen molar-refractivity contribution in [1.82, 2.24) is 0 Å². The third-order valence-electron chi connectivity index (χ3n) is 7.55. The van der Waals surface area contributed by atoms with E-state index in [1.807, 2.05) is 22.7 Å². The summed E-state index contributed by atoms with van der Waals surface area (Å²) in [5.74, 6) is 1.93. The molecule has 4 heterocycles. The average Bonchev–Trinajstić information content (AvgIpc) is 3.74. The van der Waals surface area contributed by atoms with Crippen LogP contribution in [0, 0.1) is 0 Å². The van der Waals surface area contributed by atoms with Gasteiger partial charge >= 0.3 is 0 Å². The largest absolute Gasteiger partial charge is 0.455 e. The molecule has 0 aliphatic rings. The molecule has 0 fully saturated rings. The van der Waals surface area contributed by atoms with Gasteiger partial charge in [-0.3, -0.25) is 0 Å². The van der Waals surface area contributed by atoms with Crippen LogP contribution in [0.3, 0.4) is 0 Å². The van der Waals surface area contributed by atoms with Crippen molar-refractivity contribution >= 4 is 66.2 Å². The summed E-state index contributed by atoms with van der Waals surface area (Å²) in [6, 6.07) is 26.5. The molecule has 7 aromatic rings. The molecule has 7 rings (SSSR count). The lowest BCUT2D eigenvalue weighted by Gasteiger charge is -2.05. The maximum absolute atomic E-state index is 6.34. The second-order valence-electron chi connectivity index (χ2n) is 10.2. The highest BCUT2D eigenvalue weighted by molar-refractivity contribution is 7.15. The van der Waals surface area contributed by atoms with Gasteiger partial charge < -0.3 is 8.83 Å². The number of rotatable bonds is 8. The van der Waals surface area contributed by atoms with Crippen molar-refractivity contribution in [2.24, 2.45) is 0 Å². The molecule has 2 nitrogen and oxygen atoms in total. The third kappa shape index (κ3) is 4.07. The van der Waals surface area contributed by atoms with Gasteiger partial charge in [0.15, 0.2) is 0 Å². The van der Waals surface area contributed by atoms with Gasteiger partial charge in [-0.2, -0.15) is 0 Å². The van der Waals surface area contributed by atoms with Crippen molar-refractivity contribution < 1.29 is 8.83 Å². The summed E-state index contributed by atoms with van der Waals surface area (Å²) in [5.41, 5.74) is 1.89. The number of benzene rings is 3. The van der Waals surface area contributed by atoms with Crippen LogP contribution >= 0.6 is 22.7 Å². The summed E-state index contributed by atoms with van der Waals surface area (Å²) in [6.07, 6.45) is 7.20. The maximum atomic E-state index is 6.34. The Labute approximate surface area is 230 Å². The molecule has 190 valence electrons. The van der Waals surface area contributed by atoms with E-state index in [9.17, 15) is 0 Å². The molecule has 0 atom stereocenters. The predicted octanol–water partition coefficient (Wildman–Crippen LogP) is 11.6. The van der Waals surface area contributed by atoms with Crippen molar-refractivity contribution in [3.05, 3.63) is 82.6 Å². The molecule has 3 aromatic carbocycles. The lowest BCUT2D eigenvalue weighted by Crippen LogP contribution is -1.79. The minimum Gasteiger partial charge on any atom is -0.455 e. The van der Waals surface area contributed by atoms with Crippen molar-refractivity contribution in [2.75, 3.05) is 0 Å². The van der Waals surface area contributed by atoms with Gasteiger partial charge in [-0.1, -0.05) is 51.0 Å². The Hall–Kier alpha value is -3.34. The van der Waals surface area contributed by atoms with Crippen LogP contribution in [0.2, 0.25) is 0 Å². The van der Waals surface area contributed by atoms with Gasteiger partial charge in [-0.15, -0.1) is 22.7 Å². The molecule has 0 radical (unpaired) electrons. The number of fused-ring (bicyclic) bond motifs is 7. The fraction of sp³-hybridized carbons (Fsp3) is 0.235. The first-order valence-electron chi connectivity index (χ1n) is 13.7. The number of hydrogen-bond acceptors (Lipinski definition) is 4. The summed E-state index contributed by atoms with van der Waals surface area (Å²) >= 11 is 3.71. The zero-order chi connectivity index (χ0) is 25.6. The summed E-state index contributed by atoms with van der Waals surface area (Å²) < 4.78 is 12.7. The molecule has 0 aliphatic heterocycles. The van der Waals surface area contributed by atoms with E-state index < -0.39 is 0 Å². The van der Waals surface area contributed by atoms with Crippen LogP contribution in [0.4, 0.5) is 0 Å². The quantitative estimate of drug-likeness (QED) is 0.181. The summed E-state index contributed by atoms with van der Waals surface area (Å²) in [6.45, 7) is 4.49. The normalized spacial score (nSPS) is 12.1. The fourth-order valence-corrected chi connectivity index (χ4v) is 7.50. The molecule has 0 aliphatic carbocycles. The number of thiophene rings is 2. The average molecular weight is 535 g/mol. The molecule has 0 spiro atoms. The molecule has 0 saturated carbocycles. The fourth-order valence-electron chi connectivity index (χ4n) is 5.50. The van der Waals surface area contributed by atoms with E-state index in [4.69, 9.17) is 8.83 Å². The van der Waals surface area contributed by atoms with Gasteiger partial charge in [0.2, 0.25) is 0 Å². The van der Waals surface area contributed by atoms with E-state index in [2.05, 4.69) is 86.6 Å². The number of aryl methyl sites for hydroxylation is 2. The Balaban J connectivity index is 1.30. The minimum atomic E-state index is 0.943. The van der Waals surface area contributed by atoms with Crippen molar-refractivity contribution in [3.63, 3.8) is 0 Å². The SMILES string of the molecule is CCCCc1ccc(-c2cc3c(ccc4c3ccc3c5cc(-c6ccc(CCCC)s6)oc5ccc34)o2)s1. The molecule has 0 saturated heterocycles. The molecular formula is C34H30O2S2. The van der Waals surface area contributed by atoms with Gasteiger partial charge in [0.05, 0.1) is 9.75 Å². The topological polar surface area (TPSA) is 26.3 Å². The number of furan rings is 2. The Kier molecular flexibility index (Phi) is 6.10. The number of unbranched alkanes of at least 4 members (excludes halogenated alkanes) is 2. The van der Waals surface area contributed by atoms with E-state index in [0.717, 1.165) is 35.5 Å². The zero-order valence-corrected chi connectivity index (χ0v) is 23.4. The lowest BCUT2D eigenvalue weighted by molar-refractivity contribution is 0.633. The first-order valence-corrected chi connectivity index (χ1v) is 15.3. The van der Waals surface area contributed by atoms with Crippen LogP contribution in [-0.2, 0) is 12.8 Å². The van der Waals surface area contributed by atoms with E-state index in [-0.39, 0.29) is 0 Å². The van der Waals surface area contributed by atoms with Crippen LogP contribution in [0.25, 0.3) is 64.8 Å². The Morgan fingerprint density at radius 1 is 0.500 bits per heavy atom. The van der Waals surface area contributed by atoms with Crippen molar-refractivity contribution in [1.29, 1.82) is 0 Å². The Morgan fingerprint density at radius 3 is 1.37 bits per heavy atom. The van der Waals surface area contributed by atoms with Gasteiger partial charge in [-0.25, -0.2) is 0 Å². The highest BCUT2D eigenvalue weighted by Crippen LogP contribution is 2.41. The molecular weight excluding hydrogens is 505 g/mol. The predicted molar refractivity (Wildman–Crippen MR) is 165 cm³/mol. The highest BCUT2D eigenvalue weighted by atomic mass is 32.1.